The van der Waals surface area contributed by atoms with Crippen LogP contribution >= 0.6 is 11.3 Å². The molecule has 0 unspecified atom stereocenters. The van der Waals surface area contributed by atoms with Gasteiger partial charge in [-0.15, -0.1) is 11.3 Å². The highest BCUT2D eigenvalue weighted by Gasteiger charge is 2.24. The molecule has 1 amide bonds. The number of hydrogen-bond acceptors (Lipinski definition) is 5. The zero-order valence-corrected chi connectivity index (χ0v) is 15.3. The second kappa shape index (κ2) is 7.68. The summed E-state index contributed by atoms with van der Waals surface area (Å²) in [4.78, 5) is 22.7. The third-order valence-electron chi connectivity index (χ3n) is 5.04. The predicted molar refractivity (Wildman–Crippen MR) is 99.0 cm³/mol. The summed E-state index contributed by atoms with van der Waals surface area (Å²) in [6.45, 7) is 0.685. The lowest BCUT2D eigenvalue weighted by Gasteiger charge is -2.22. The Hall–Kier alpha value is -1.69. The summed E-state index contributed by atoms with van der Waals surface area (Å²) in [5.41, 5.74) is 0. The highest BCUT2D eigenvalue weighted by Crippen LogP contribution is 2.33. The van der Waals surface area contributed by atoms with E-state index in [-0.39, 0.29) is 12.0 Å². The Morgan fingerprint density at radius 1 is 1.20 bits per heavy atom. The van der Waals surface area contributed by atoms with E-state index >= 15 is 0 Å². The van der Waals surface area contributed by atoms with Gasteiger partial charge in [-0.2, -0.15) is 0 Å². The third-order valence-corrected chi connectivity index (χ3v) is 6.14. The van der Waals surface area contributed by atoms with Crippen molar-refractivity contribution in [1.29, 1.82) is 0 Å². The number of hydrogen-bond donors (Lipinski definition) is 1. The summed E-state index contributed by atoms with van der Waals surface area (Å²) in [5.74, 6) is 1.54. The average molecular weight is 359 g/mol. The molecule has 0 atom stereocenters. The van der Waals surface area contributed by atoms with E-state index < -0.39 is 0 Å². The lowest BCUT2D eigenvalue weighted by atomic mass is 9.98. The molecule has 2 aromatic heterocycles. The summed E-state index contributed by atoms with van der Waals surface area (Å²) in [5, 5.41) is 4.04. The Kier molecular flexibility index (Phi) is 5.15. The molecule has 2 saturated carbocycles. The number of aromatic nitrogens is 2. The van der Waals surface area contributed by atoms with E-state index in [1.54, 1.807) is 17.7 Å². The number of nitrogens with one attached hydrogen (secondary N) is 1. The summed E-state index contributed by atoms with van der Waals surface area (Å²) < 4.78 is 6.16. The fraction of sp³-hybridized carbons (Fsp3) is 0.632. The van der Waals surface area contributed by atoms with Crippen LogP contribution in [-0.2, 0) is 11.2 Å². The number of thiophene rings is 1. The van der Waals surface area contributed by atoms with Crippen molar-refractivity contribution in [2.24, 2.45) is 5.92 Å². The van der Waals surface area contributed by atoms with E-state index in [2.05, 4.69) is 21.4 Å². The smallest absolute Gasteiger partial charge is 0.225 e. The molecule has 2 heterocycles. The van der Waals surface area contributed by atoms with Crippen LogP contribution < -0.4 is 10.1 Å². The first-order chi connectivity index (χ1) is 12.3. The van der Waals surface area contributed by atoms with Gasteiger partial charge in [-0.3, -0.25) is 4.79 Å². The summed E-state index contributed by atoms with van der Waals surface area (Å²) >= 11 is 1.67. The van der Waals surface area contributed by atoms with E-state index in [1.165, 1.54) is 37.0 Å². The number of amides is 1. The van der Waals surface area contributed by atoms with Crippen molar-refractivity contribution >= 4 is 27.5 Å². The van der Waals surface area contributed by atoms with Gasteiger partial charge in [-0.1, -0.05) is 6.42 Å². The molecule has 25 heavy (non-hydrogen) atoms. The van der Waals surface area contributed by atoms with Gasteiger partial charge >= 0.3 is 0 Å². The van der Waals surface area contributed by atoms with Crippen molar-refractivity contribution in [3.8, 4) is 5.88 Å². The number of rotatable bonds is 7. The summed E-state index contributed by atoms with van der Waals surface area (Å²) in [6.07, 6.45) is 11.9. The van der Waals surface area contributed by atoms with Crippen LogP contribution in [0.1, 0.15) is 56.2 Å². The molecule has 0 spiro atoms. The molecule has 0 aliphatic heterocycles. The minimum absolute atomic E-state index is 0.185. The Morgan fingerprint density at radius 2 is 2.04 bits per heavy atom. The molecule has 2 aliphatic carbocycles. The molecule has 134 valence electrons. The van der Waals surface area contributed by atoms with Crippen LogP contribution in [0.2, 0.25) is 0 Å². The van der Waals surface area contributed by atoms with Crippen molar-refractivity contribution < 1.29 is 9.53 Å². The lowest BCUT2D eigenvalue weighted by molar-refractivity contribution is -0.121. The first-order valence-corrected chi connectivity index (χ1v) is 10.3. The molecule has 2 fully saturated rings. The van der Waals surface area contributed by atoms with Crippen molar-refractivity contribution in [1.82, 2.24) is 15.3 Å². The van der Waals surface area contributed by atoms with E-state index in [4.69, 9.17) is 4.74 Å². The van der Waals surface area contributed by atoms with Crippen molar-refractivity contribution in [2.45, 2.75) is 63.9 Å². The molecule has 6 heteroatoms. The predicted octanol–water partition coefficient (Wildman–Crippen LogP) is 3.86. The van der Waals surface area contributed by atoms with Crippen LogP contribution in [0.5, 0.6) is 5.88 Å². The Morgan fingerprint density at radius 3 is 2.84 bits per heavy atom. The molecular formula is C19H25N3O2S. The molecule has 2 aliphatic rings. The van der Waals surface area contributed by atoms with Crippen LogP contribution in [0.4, 0.5) is 0 Å². The number of carbonyl (C=O) groups is 1. The molecule has 5 nitrogen and oxygen atoms in total. The van der Waals surface area contributed by atoms with Crippen LogP contribution in [0.25, 0.3) is 10.2 Å². The highest BCUT2D eigenvalue weighted by molar-refractivity contribution is 7.18. The highest BCUT2D eigenvalue weighted by atomic mass is 32.1. The van der Waals surface area contributed by atoms with Crippen LogP contribution in [0.15, 0.2) is 12.4 Å². The first kappa shape index (κ1) is 16.8. The van der Waals surface area contributed by atoms with E-state index in [0.717, 1.165) is 35.4 Å². The maximum Gasteiger partial charge on any atom is 0.225 e. The molecule has 1 N–H and O–H groups in total. The van der Waals surface area contributed by atoms with Crippen LogP contribution in [0, 0.1) is 5.92 Å². The molecule has 0 radical (unpaired) electrons. The van der Waals surface area contributed by atoms with E-state index in [1.807, 2.05) is 0 Å². The normalized spacial score (nSPS) is 18.4. The number of nitrogens with zero attached hydrogens (tertiary/aromatic N) is 2. The Bertz CT molecular complexity index is 735. The number of carbonyl (C=O) groups excluding carboxylic acids is 1. The molecule has 2 aromatic rings. The minimum Gasteiger partial charge on any atom is -0.474 e. The molecule has 0 saturated heterocycles. The van der Waals surface area contributed by atoms with Gasteiger partial charge in [0.1, 0.15) is 17.3 Å². The van der Waals surface area contributed by atoms with Gasteiger partial charge in [0.15, 0.2) is 0 Å². The maximum absolute atomic E-state index is 11.8. The lowest BCUT2D eigenvalue weighted by Crippen LogP contribution is -2.25. The van der Waals surface area contributed by atoms with Crippen molar-refractivity contribution in [2.75, 3.05) is 6.54 Å². The summed E-state index contributed by atoms with van der Waals surface area (Å²) in [6, 6.07) is 2.13. The van der Waals surface area contributed by atoms with Gasteiger partial charge < -0.3 is 10.1 Å². The summed E-state index contributed by atoms with van der Waals surface area (Å²) in [7, 11) is 0. The first-order valence-electron chi connectivity index (χ1n) is 9.45. The van der Waals surface area contributed by atoms with E-state index in [9.17, 15) is 4.79 Å². The topological polar surface area (TPSA) is 64.1 Å². The van der Waals surface area contributed by atoms with Gasteiger partial charge in [0.2, 0.25) is 11.8 Å². The van der Waals surface area contributed by atoms with Gasteiger partial charge in [0, 0.05) is 17.8 Å². The third kappa shape index (κ3) is 4.48. The molecule has 0 bridgehead atoms. The maximum atomic E-state index is 11.8. The Labute approximate surface area is 152 Å². The van der Waals surface area contributed by atoms with Crippen molar-refractivity contribution in [3.05, 3.63) is 17.3 Å². The van der Waals surface area contributed by atoms with Gasteiger partial charge in [-0.05, 0) is 56.9 Å². The van der Waals surface area contributed by atoms with Crippen molar-refractivity contribution in [3.63, 3.8) is 0 Å². The zero-order chi connectivity index (χ0) is 17.1. The minimum atomic E-state index is 0.185. The monoisotopic (exact) mass is 359 g/mol. The van der Waals surface area contributed by atoms with Gasteiger partial charge in [0.25, 0.3) is 0 Å². The fourth-order valence-electron chi connectivity index (χ4n) is 3.42. The molecule has 0 aromatic carbocycles. The number of ether oxygens (including phenoxy) is 1. The standard InChI is InChI=1S/C19H25N3O2S/c23-17(10-13-6-7-13)20-9-8-15-11-16-18(21-12-22-19(16)25-15)24-14-4-2-1-3-5-14/h11-14H,1-10H2,(H,20,23). The molecule has 4 rings (SSSR count). The average Bonchev–Trinajstić information content (AvgIpc) is 3.32. The van der Waals surface area contributed by atoms with E-state index in [0.29, 0.717) is 18.9 Å². The molecular weight excluding hydrogens is 334 g/mol. The SMILES string of the molecule is O=C(CC1CC1)NCCc1cc2c(OC3CCCCC3)ncnc2s1. The van der Waals surface area contributed by atoms with Gasteiger partial charge in [0.05, 0.1) is 5.39 Å². The van der Waals surface area contributed by atoms with Gasteiger partial charge in [-0.25, -0.2) is 9.97 Å². The fourth-order valence-corrected chi connectivity index (χ4v) is 4.41. The second-order valence-corrected chi connectivity index (χ2v) is 8.35. The second-order valence-electron chi connectivity index (χ2n) is 7.24. The number of fused-ring (bicyclic) bond motifs is 1. The Balaban J connectivity index is 1.37. The van der Waals surface area contributed by atoms with Crippen LogP contribution in [-0.4, -0.2) is 28.5 Å². The van der Waals surface area contributed by atoms with Crippen LogP contribution in [0.3, 0.4) is 0 Å². The zero-order valence-electron chi connectivity index (χ0n) is 14.5. The largest absolute Gasteiger partial charge is 0.474 e. The quantitative estimate of drug-likeness (QED) is 0.815.